The fourth-order valence-electron chi connectivity index (χ4n) is 3.83. The number of ether oxygens (including phenoxy) is 1. The van der Waals surface area contributed by atoms with Gasteiger partial charge < -0.3 is 9.15 Å². The molecule has 0 unspecified atom stereocenters. The predicted molar refractivity (Wildman–Crippen MR) is 118 cm³/mol. The van der Waals surface area contributed by atoms with Crippen LogP contribution in [0.3, 0.4) is 0 Å². The highest BCUT2D eigenvalue weighted by Crippen LogP contribution is 2.37. The Bertz CT molecular complexity index is 1420. The van der Waals surface area contributed by atoms with E-state index >= 15 is 0 Å². The molecule has 0 aliphatic heterocycles. The maximum absolute atomic E-state index is 13.1. The molecule has 0 spiro atoms. The van der Waals surface area contributed by atoms with Crippen LogP contribution in [0.2, 0.25) is 0 Å². The van der Waals surface area contributed by atoms with Crippen molar-refractivity contribution in [2.24, 2.45) is 0 Å². The number of hydrogen-bond acceptors (Lipinski definition) is 6. The Morgan fingerprint density at radius 1 is 1.06 bits per heavy atom. The highest BCUT2D eigenvalue weighted by molar-refractivity contribution is 6.15. The van der Waals surface area contributed by atoms with Crippen molar-refractivity contribution in [3.8, 4) is 11.1 Å². The molecule has 31 heavy (non-hydrogen) atoms. The minimum Gasteiger partial charge on any atom is -0.462 e. The van der Waals surface area contributed by atoms with Crippen molar-refractivity contribution in [3.05, 3.63) is 85.8 Å². The standard InChI is InChI=1S/C24H19NO6/c1-4-30-23(26)20-14(3)12-18-17-10-5-13(2)11-19(17)31-24(27)22(18)21(20)15-6-8-16(9-7-15)25(28)29/h5-12H,4H2,1-3H3. The van der Waals surface area contributed by atoms with Crippen LogP contribution in [0.25, 0.3) is 32.9 Å². The van der Waals surface area contributed by atoms with Gasteiger partial charge in [0.15, 0.2) is 0 Å². The van der Waals surface area contributed by atoms with E-state index in [1.54, 1.807) is 26.0 Å². The number of nitro benzene ring substituents is 1. The summed E-state index contributed by atoms with van der Waals surface area (Å²) in [5.74, 6) is -0.571. The molecule has 4 aromatic rings. The average Bonchev–Trinajstić information content (AvgIpc) is 2.72. The lowest BCUT2D eigenvalue weighted by Crippen LogP contribution is -2.12. The van der Waals surface area contributed by atoms with Crippen LogP contribution >= 0.6 is 0 Å². The zero-order valence-electron chi connectivity index (χ0n) is 17.2. The number of carbonyl (C=O) groups is 1. The van der Waals surface area contributed by atoms with Crippen LogP contribution in [0.4, 0.5) is 5.69 Å². The lowest BCUT2D eigenvalue weighted by atomic mass is 9.89. The van der Waals surface area contributed by atoms with Crippen molar-refractivity contribution in [2.75, 3.05) is 6.61 Å². The largest absolute Gasteiger partial charge is 0.462 e. The molecule has 0 atom stereocenters. The molecule has 4 rings (SSSR count). The van der Waals surface area contributed by atoms with Gasteiger partial charge in [-0.2, -0.15) is 0 Å². The molecule has 0 saturated heterocycles. The Balaban J connectivity index is 2.17. The van der Waals surface area contributed by atoms with Crippen LogP contribution in [0.1, 0.15) is 28.4 Å². The highest BCUT2D eigenvalue weighted by Gasteiger charge is 2.24. The van der Waals surface area contributed by atoms with E-state index in [1.807, 2.05) is 19.1 Å². The first-order valence-electron chi connectivity index (χ1n) is 9.74. The molecule has 1 heterocycles. The van der Waals surface area contributed by atoms with Crippen LogP contribution in [0, 0.1) is 24.0 Å². The fourth-order valence-corrected chi connectivity index (χ4v) is 3.83. The summed E-state index contributed by atoms with van der Waals surface area (Å²) < 4.78 is 10.8. The summed E-state index contributed by atoms with van der Waals surface area (Å²) in [4.78, 5) is 36.5. The fraction of sp³-hybridized carbons (Fsp3) is 0.167. The Labute approximate surface area is 177 Å². The van der Waals surface area contributed by atoms with E-state index in [0.717, 1.165) is 10.9 Å². The van der Waals surface area contributed by atoms with Crippen molar-refractivity contribution in [1.29, 1.82) is 0 Å². The van der Waals surface area contributed by atoms with E-state index in [9.17, 15) is 19.7 Å². The molecule has 0 amide bonds. The number of benzene rings is 3. The Morgan fingerprint density at radius 2 is 1.77 bits per heavy atom. The second-order valence-electron chi connectivity index (χ2n) is 7.28. The summed E-state index contributed by atoms with van der Waals surface area (Å²) in [6.07, 6.45) is 0. The molecular weight excluding hydrogens is 398 g/mol. The van der Waals surface area contributed by atoms with E-state index in [-0.39, 0.29) is 23.2 Å². The molecule has 0 aliphatic rings. The number of fused-ring (bicyclic) bond motifs is 3. The van der Waals surface area contributed by atoms with Gasteiger partial charge in [0.1, 0.15) is 5.58 Å². The van der Waals surface area contributed by atoms with Gasteiger partial charge in [-0.15, -0.1) is 0 Å². The Morgan fingerprint density at radius 3 is 2.42 bits per heavy atom. The summed E-state index contributed by atoms with van der Waals surface area (Å²) >= 11 is 0. The lowest BCUT2D eigenvalue weighted by Gasteiger charge is -2.16. The van der Waals surface area contributed by atoms with E-state index in [2.05, 4.69) is 0 Å². The van der Waals surface area contributed by atoms with Crippen molar-refractivity contribution in [2.45, 2.75) is 20.8 Å². The molecule has 0 aliphatic carbocycles. The number of hydrogen-bond donors (Lipinski definition) is 0. The van der Waals surface area contributed by atoms with Crippen LogP contribution in [-0.2, 0) is 4.74 Å². The third-order valence-corrected chi connectivity index (χ3v) is 5.20. The molecule has 0 fully saturated rings. The van der Waals surface area contributed by atoms with E-state index in [4.69, 9.17) is 9.15 Å². The van der Waals surface area contributed by atoms with Crippen molar-refractivity contribution in [3.63, 3.8) is 0 Å². The monoisotopic (exact) mass is 417 g/mol. The predicted octanol–water partition coefficient (Wildman–Crippen LogP) is 5.31. The number of non-ortho nitro benzene ring substituents is 1. The molecule has 0 N–H and O–H groups in total. The first-order chi connectivity index (χ1) is 14.8. The molecule has 0 bridgehead atoms. The van der Waals surface area contributed by atoms with Gasteiger partial charge in [0.05, 0.1) is 22.5 Å². The van der Waals surface area contributed by atoms with Crippen LogP contribution < -0.4 is 5.63 Å². The third-order valence-electron chi connectivity index (χ3n) is 5.20. The lowest BCUT2D eigenvalue weighted by molar-refractivity contribution is -0.384. The van der Waals surface area contributed by atoms with E-state index in [0.29, 0.717) is 27.7 Å². The number of nitrogens with zero attached hydrogens (tertiary/aromatic N) is 1. The maximum atomic E-state index is 13.1. The van der Waals surface area contributed by atoms with Crippen LogP contribution in [0.5, 0.6) is 0 Å². The van der Waals surface area contributed by atoms with Gasteiger partial charge in [-0.1, -0.05) is 12.1 Å². The smallest absolute Gasteiger partial charge is 0.344 e. The summed E-state index contributed by atoms with van der Waals surface area (Å²) in [5, 5.41) is 12.7. The molecule has 0 radical (unpaired) electrons. The first kappa shape index (κ1) is 20.3. The minimum absolute atomic E-state index is 0.0913. The number of carbonyl (C=O) groups excluding carboxylic acids is 1. The van der Waals surface area contributed by atoms with Crippen LogP contribution in [0.15, 0.2) is 57.7 Å². The number of aryl methyl sites for hydroxylation is 2. The summed E-state index contributed by atoms with van der Waals surface area (Å²) in [6, 6.07) is 13.1. The van der Waals surface area contributed by atoms with Crippen LogP contribution in [-0.4, -0.2) is 17.5 Å². The Kier molecular flexibility index (Phi) is 5.02. The summed E-state index contributed by atoms with van der Waals surface area (Å²) in [6.45, 7) is 5.54. The van der Waals surface area contributed by atoms with Gasteiger partial charge in [-0.25, -0.2) is 9.59 Å². The van der Waals surface area contributed by atoms with E-state index in [1.165, 1.54) is 24.3 Å². The SMILES string of the molecule is CCOC(=O)c1c(C)cc2c(c1-c1ccc([N+](=O)[O-])cc1)c(=O)oc1cc(C)ccc12. The topological polar surface area (TPSA) is 99.6 Å². The third kappa shape index (κ3) is 3.44. The molecule has 7 nitrogen and oxygen atoms in total. The average molecular weight is 417 g/mol. The van der Waals surface area contributed by atoms with Crippen molar-refractivity contribution < 1.29 is 18.9 Å². The second-order valence-corrected chi connectivity index (χ2v) is 7.28. The zero-order chi connectivity index (χ0) is 22.3. The number of esters is 1. The Hall–Kier alpha value is -4.00. The number of rotatable bonds is 4. The van der Waals surface area contributed by atoms with Gasteiger partial charge >= 0.3 is 11.6 Å². The minimum atomic E-state index is -0.591. The molecule has 1 aromatic heterocycles. The second kappa shape index (κ2) is 7.68. The normalized spacial score (nSPS) is 11.1. The van der Waals surface area contributed by atoms with Gasteiger partial charge in [-0.05, 0) is 61.7 Å². The van der Waals surface area contributed by atoms with Crippen molar-refractivity contribution >= 4 is 33.4 Å². The van der Waals surface area contributed by atoms with Gasteiger partial charge in [0, 0.05) is 28.5 Å². The molecule has 7 heteroatoms. The quantitative estimate of drug-likeness (QED) is 0.147. The molecule has 0 saturated carbocycles. The summed E-state index contributed by atoms with van der Waals surface area (Å²) in [5.41, 5.74) is 2.42. The molecular formula is C24H19NO6. The number of nitro groups is 1. The zero-order valence-corrected chi connectivity index (χ0v) is 17.2. The highest BCUT2D eigenvalue weighted by atomic mass is 16.6. The van der Waals surface area contributed by atoms with Crippen molar-refractivity contribution in [1.82, 2.24) is 0 Å². The first-order valence-corrected chi connectivity index (χ1v) is 9.74. The maximum Gasteiger partial charge on any atom is 0.344 e. The van der Waals surface area contributed by atoms with Gasteiger partial charge in [0.2, 0.25) is 0 Å². The van der Waals surface area contributed by atoms with E-state index < -0.39 is 16.5 Å². The van der Waals surface area contributed by atoms with Gasteiger partial charge in [-0.3, -0.25) is 10.1 Å². The summed E-state index contributed by atoms with van der Waals surface area (Å²) in [7, 11) is 0. The van der Waals surface area contributed by atoms with Gasteiger partial charge in [0.25, 0.3) is 5.69 Å². The molecule has 3 aromatic carbocycles. The molecule has 156 valence electrons.